The number of carbonyl (C=O) groups is 3. The number of carbonyl (C=O) groups excluding carboxylic acids is 3. The van der Waals surface area contributed by atoms with Gasteiger partial charge in [0, 0.05) is 17.5 Å². The summed E-state index contributed by atoms with van der Waals surface area (Å²) in [5, 5.41) is 3.04. The molecule has 1 fully saturated rings. The van der Waals surface area contributed by atoms with Gasteiger partial charge in [0.25, 0.3) is 0 Å². The van der Waals surface area contributed by atoms with Gasteiger partial charge in [0.2, 0.25) is 17.7 Å². The molecule has 150 valence electrons. The van der Waals surface area contributed by atoms with Crippen molar-refractivity contribution in [1.82, 2.24) is 9.88 Å². The van der Waals surface area contributed by atoms with Crippen LogP contribution in [0.1, 0.15) is 28.8 Å². The van der Waals surface area contributed by atoms with Gasteiger partial charge in [-0.1, -0.05) is 24.3 Å². The molecule has 1 saturated heterocycles. The van der Waals surface area contributed by atoms with E-state index in [1.165, 1.54) is 17.4 Å². The molecule has 0 radical (unpaired) electrons. The van der Waals surface area contributed by atoms with E-state index >= 15 is 0 Å². The highest BCUT2D eigenvalue weighted by atomic mass is 32.1. The van der Waals surface area contributed by atoms with E-state index in [1.54, 1.807) is 19.2 Å². The van der Waals surface area contributed by atoms with Crippen LogP contribution in [-0.4, -0.2) is 34.2 Å². The number of imide groups is 1. The summed E-state index contributed by atoms with van der Waals surface area (Å²) in [6.45, 7) is 1.41. The van der Waals surface area contributed by atoms with Crippen molar-refractivity contribution in [2.75, 3.05) is 11.9 Å². The molecule has 29 heavy (non-hydrogen) atoms. The largest absolute Gasteiger partial charge is 0.300 e. The van der Waals surface area contributed by atoms with Crippen molar-refractivity contribution in [1.29, 1.82) is 0 Å². The highest BCUT2D eigenvalue weighted by Crippen LogP contribution is 2.35. The van der Waals surface area contributed by atoms with Gasteiger partial charge in [-0.15, -0.1) is 11.3 Å². The third-order valence-electron chi connectivity index (χ3n) is 5.32. The summed E-state index contributed by atoms with van der Waals surface area (Å²) in [4.78, 5) is 43.3. The highest BCUT2D eigenvalue weighted by molar-refractivity contribution is 7.15. The lowest BCUT2D eigenvalue weighted by Gasteiger charge is -2.14. The van der Waals surface area contributed by atoms with Gasteiger partial charge in [0.05, 0.1) is 11.8 Å². The first-order chi connectivity index (χ1) is 13.9. The Hall–Kier alpha value is -2.87. The zero-order valence-electron chi connectivity index (χ0n) is 15.9. The van der Waals surface area contributed by atoms with Crippen LogP contribution >= 0.6 is 11.3 Å². The second-order valence-corrected chi connectivity index (χ2v) is 8.47. The van der Waals surface area contributed by atoms with E-state index in [1.807, 2.05) is 18.2 Å². The summed E-state index contributed by atoms with van der Waals surface area (Å²) in [6, 6.07) is 5.08. The first kappa shape index (κ1) is 19.4. The number of amides is 3. The molecule has 1 aromatic heterocycles. The van der Waals surface area contributed by atoms with Crippen LogP contribution in [0.3, 0.4) is 0 Å². The molecule has 8 heteroatoms. The molecule has 2 aromatic rings. The minimum Gasteiger partial charge on any atom is -0.300 e. The van der Waals surface area contributed by atoms with E-state index in [2.05, 4.69) is 10.3 Å². The predicted octanol–water partition coefficient (Wildman–Crippen LogP) is 3.07. The number of hydrogen-bond donors (Lipinski definition) is 1. The van der Waals surface area contributed by atoms with Crippen LogP contribution < -0.4 is 5.32 Å². The summed E-state index contributed by atoms with van der Waals surface area (Å²) in [6.07, 6.45) is 7.04. The van der Waals surface area contributed by atoms with Crippen molar-refractivity contribution in [2.24, 2.45) is 11.8 Å². The minimum absolute atomic E-state index is 0.253. The molecule has 2 heterocycles. The van der Waals surface area contributed by atoms with Gasteiger partial charge in [-0.25, -0.2) is 9.37 Å². The van der Waals surface area contributed by atoms with Gasteiger partial charge >= 0.3 is 0 Å². The molecule has 2 unspecified atom stereocenters. The summed E-state index contributed by atoms with van der Waals surface area (Å²) in [5.74, 6) is -1.96. The van der Waals surface area contributed by atoms with Crippen molar-refractivity contribution < 1.29 is 18.8 Å². The molecule has 1 N–H and O–H groups in total. The summed E-state index contributed by atoms with van der Waals surface area (Å²) < 4.78 is 13.7. The number of anilines is 1. The Labute approximate surface area is 171 Å². The molecule has 0 bridgehead atoms. The van der Waals surface area contributed by atoms with Crippen LogP contribution in [-0.2, 0) is 20.8 Å². The molecule has 1 aliphatic heterocycles. The van der Waals surface area contributed by atoms with Crippen LogP contribution in [0.25, 0.3) is 0 Å². The molecule has 0 saturated carbocycles. The van der Waals surface area contributed by atoms with Gasteiger partial charge in [-0.05, 0) is 37.0 Å². The van der Waals surface area contributed by atoms with E-state index in [0.29, 0.717) is 30.0 Å². The Balaban J connectivity index is 1.36. The van der Waals surface area contributed by atoms with E-state index < -0.39 is 5.91 Å². The summed E-state index contributed by atoms with van der Waals surface area (Å²) in [7, 11) is 0. The maximum Gasteiger partial charge on any atom is 0.246 e. The normalized spacial score (nSPS) is 20.8. The Morgan fingerprint density at radius 2 is 1.93 bits per heavy atom. The lowest BCUT2D eigenvalue weighted by atomic mass is 9.85. The average molecular weight is 413 g/mol. The van der Waals surface area contributed by atoms with E-state index in [9.17, 15) is 18.8 Å². The molecular formula is C21H20FN3O3S. The average Bonchev–Trinajstić information content (AvgIpc) is 3.23. The van der Waals surface area contributed by atoms with Gasteiger partial charge in [-0.3, -0.25) is 19.3 Å². The van der Waals surface area contributed by atoms with Gasteiger partial charge in [-0.2, -0.15) is 0 Å². The second kappa shape index (κ2) is 7.87. The Morgan fingerprint density at radius 1 is 1.24 bits per heavy atom. The quantitative estimate of drug-likeness (QED) is 0.604. The fourth-order valence-corrected chi connectivity index (χ4v) is 4.58. The molecule has 2 atom stereocenters. The molecule has 1 aliphatic carbocycles. The molecule has 6 nitrogen and oxygen atoms in total. The number of allylic oxidation sites excluding steroid dienone is 2. The SMILES string of the molecule is Cc1ccc(Cc2cnc(NC(=O)CN3C(=O)C4CC=CCC4C3=O)s2)cc1F. The summed E-state index contributed by atoms with van der Waals surface area (Å²) in [5.41, 5.74) is 1.41. The standard InChI is InChI=1S/C21H20FN3O3S/c1-12-6-7-13(9-17(12)22)8-14-10-23-21(29-14)24-18(26)11-25-19(27)15-4-2-3-5-16(15)20(25)28/h2-3,6-7,9-10,15-16H,4-5,8,11H2,1H3,(H,23,24,26). The first-order valence-electron chi connectivity index (χ1n) is 9.42. The zero-order chi connectivity index (χ0) is 20.5. The van der Waals surface area contributed by atoms with Crippen molar-refractivity contribution in [2.45, 2.75) is 26.2 Å². The van der Waals surface area contributed by atoms with Crippen molar-refractivity contribution in [3.63, 3.8) is 0 Å². The number of hydrogen-bond acceptors (Lipinski definition) is 5. The Bertz CT molecular complexity index is 990. The predicted molar refractivity (Wildman–Crippen MR) is 107 cm³/mol. The zero-order valence-corrected chi connectivity index (χ0v) is 16.7. The third-order valence-corrected chi connectivity index (χ3v) is 6.23. The number of aryl methyl sites for hydroxylation is 1. The van der Waals surface area contributed by atoms with Crippen LogP contribution in [0.2, 0.25) is 0 Å². The maximum absolute atomic E-state index is 13.7. The smallest absolute Gasteiger partial charge is 0.246 e. The Morgan fingerprint density at radius 3 is 2.59 bits per heavy atom. The number of likely N-dealkylation sites (tertiary alicyclic amines) is 1. The third kappa shape index (κ3) is 3.98. The second-order valence-electron chi connectivity index (χ2n) is 7.36. The number of aromatic nitrogens is 1. The topological polar surface area (TPSA) is 79.4 Å². The van der Waals surface area contributed by atoms with Crippen LogP contribution in [0.4, 0.5) is 9.52 Å². The monoisotopic (exact) mass is 413 g/mol. The molecule has 1 aromatic carbocycles. The minimum atomic E-state index is -0.458. The Kier molecular flexibility index (Phi) is 5.27. The molecule has 4 rings (SSSR count). The van der Waals surface area contributed by atoms with E-state index in [-0.39, 0.29) is 36.0 Å². The van der Waals surface area contributed by atoms with Gasteiger partial charge in [0.15, 0.2) is 5.13 Å². The summed E-state index contributed by atoms with van der Waals surface area (Å²) >= 11 is 1.28. The van der Waals surface area contributed by atoms with Crippen LogP contribution in [0, 0.1) is 24.6 Å². The van der Waals surface area contributed by atoms with Crippen molar-refractivity contribution in [3.05, 3.63) is 58.4 Å². The maximum atomic E-state index is 13.7. The highest BCUT2D eigenvalue weighted by Gasteiger charge is 2.47. The number of fused-ring (bicyclic) bond motifs is 1. The number of rotatable bonds is 5. The molecule has 0 spiro atoms. The lowest BCUT2D eigenvalue weighted by molar-refractivity contribution is -0.142. The fraction of sp³-hybridized carbons (Fsp3) is 0.333. The molecule has 3 amide bonds. The number of thiazole rings is 1. The fourth-order valence-electron chi connectivity index (χ4n) is 3.72. The first-order valence-corrected chi connectivity index (χ1v) is 10.2. The number of nitrogens with one attached hydrogen (secondary N) is 1. The number of benzene rings is 1. The lowest BCUT2D eigenvalue weighted by Crippen LogP contribution is -2.38. The van der Waals surface area contributed by atoms with E-state index in [4.69, 9.17) is 0 Å². The van der Waals surface area contributed by atoms with E-state index in [0.717, 1.165) is 15.3 Å². The molecule has 2 aliphatic rings. The van der Waals surface area contributed by atoms with Crippen LogP contribution in [0.5, 0.6) is 0 Å². The van der Waals surface area contributed by atoms with Crippen molar-refractivity contribution >= 4 is 34.2 Å². The molecular weight excluding hydrogens is 393 g/mol. The van der Waals surface area contributed by atoms with Crippen molar-refractivity contribution in [3.8, 4) is 0 Å². The number of nitrogens with zero attached hydrogens (tertiary/aromatic N) is 2. The number of halogens is 1. The van der Waals surface area contributed by atoms with Crippen LogP contribution in [0.15, 0.2) is 36.5 Å². The van der Waals surface area contributed by atoms with Gasteiger partial charge < -0.3 is 5.32 Å². The van der Waals surface area contributed by atoms with Gasteiger partial charge in [0.1, 0.15) is 12.4 Å².